The normalized spacial score (nSPS) is 12.4. The molecule has 0 saturated heterocycles. The maximum atomic E-state index is 5.92. The van der Waals surface area contributed by atoms with Gasteiger partial charge in [0, 0.05) is 31.5 Å². The van der Waals surface area contributed by atoms with Crippen LogP contribution in [0.3, 0.4) is 0 Å². The average Bonchev–Trinajstić information content (AvgIpc) is 2.50. The summed E-state index contributed by atoms with van der Waals surface area (Å²) < 4.78 is 5.17. The fourth-order valence-corrected chi connectivity index (χ4v) is 2.27. The van der Waals surface area contributed by atoms with Crippen molar-refractivity contribution in [2.24, 2.45) is 5.73 Å². The Bertz CT molecular complexity index is 513. The van der Waals surface area contributed by atoms with Crippen LogP contribution in [0.25, 0.3) is 0 Å². The van der Waals surface area contributed by atoms with Gasteiger partial charge in [-0.3, -0.25) is 9.88 Å². The van der Waals surface area contributed by atoms with Gasteiger partial charge in [0.1, 0.15) is 5.75 Å². The van der Waals surface area contributed by atoms with Crippen LogP contribution >= 0.6 is 0 Å². The molecule has 0 saturated carbocycles. The molecule has 20 heavy (non-hydrogen) atoms. The van der Waals surface area contributed by atoms with Gasteiger partial charge in [-0.2, -0.15) is 0 Å². The van der Waals surface area contributed by atoms with Crippen LogP contribution in [-0.2, 0) is 6.54 Å². The summed E-state index contributed by atoms with van der Waals surface area (Å²) >= 11 is 0. The maximum absolute atomic E-state index is 5.92. The molecule has 0 radical (unpaired) electrons. The minimum atomic E-state index is 0.172. The first-order valence-corrected chi connectivity index (χ1v) is 6.67. The van der Waals surface area contributed by atoms with E-state index >= 15 is 0 Å². The van der Waals surface area contributed by atoms with E-state index in [2.05, 4.69) is 35.1 Å². The van der Waals surface area contributed by atoms with Crippen molar-refractivity contribution in [1.29, 1.82) is 0 Å². The highest BCUT2D eigenvalue weighted by Gasteiger charge is 2.15. The van der Waals surface area contributed by atoms with E-state index in [1.807, 2.05) is 24.4 Å². The second-order valence-corrected chi connectivity index (χ2v) is 4.80. The molecule has 1 unspecified atom stereocenters. The highest BCUT2D eigenvalue weighted by Crippen LogP contribution is 2.20. The molecule has 106 valence electrons. The lowest BCUT2D eigenvalue weighted by Crippen LogP contribution is -2.30. The number of methoxy groups -OCH3 is 1. The number of benzene rings is 1. The number of likely N-dealkylation sites (N-methyl/N-ethyl adjacent to an activating group) is 1. The summed E-state index contributed by atoms with van der Waals surface area (Å²) in [5.74, 6) is 0.874. The molecule has 4 heteroatoms. The smallest absolute Gasteiger partial charge is 0.118 e. The van der Waals surface area contributed by atoms with Crippen LogP contribution in [-0.4, -0.2) is 30.6 Å². The summed E-state index contributed by atoms with van der Waals surface area (Å²) in [7, 11) is 3.75. The molecule has 2 N–H and O–H groups in total. The zero-order valence-electron chi connectivity index (χ0n) is 12.0. The first-order chi connectivity index (χ1) is 9.74. The standard InChI is InChI=1S/C16H21N3O/c1-19(12-13-5-7-15(20-2)8-6-13)16(10-17)14-4-3-9-18-11-14/h3-9,11,16H,10,12,17H2,1-2H3. The molecule has 2 aromatic rings. The summed E-state index contributed by atoms with van der Waals surface area (Å²) in [6, 6.07) is 12.3. The van der Waals surface area contributed by atoms with E-state index in [1.165, 1.54) is 5.56 Å². The molecule has 0 aliphatic rings. The van der Waals surface area contributed by atoms with Gasteiger partial charge in [-0.25, -0.2) is 0 Å². The second kappa shape index (κ2) is 7.03. The molecule has 0 bridgehead atoms. The minimum Gasteiger partial charge on any atom is -0.497 e. The van der Waals surface area contributed by atoms with Crippen molar-refractivity contribution in [2.75, 3.05) is 20.7 Å². The average molecular weight is 271 g/mol. The molecular weight excluding hydrogens is 250 g/mol. The third kappa shape index (κ3) is 3.56. The lowest BCUT2D eigenvalue weighted by molar-refractivity contribution is 0.241. The molecule has 0 aliphatic heterocycles. The second-order valence-electron chi connectivity index (χ2n) is 4.80. The number of rotatable bonds is 6. The lowest BCUT2D eigenvalue weighted by Gasteiger charge is -2.27. The van der Waals surface area contributed by atoms with Crippen molar-refractivity contribution in [1.82, 2.24) is 9.88 Å². The lowest BCUT2D eigenvalue weighted by atomic mass is 10.1. The van der Waals surface area contributed by atoms with Gasteiger partial charge >= 0.3 is 0 Å². The van der Waals surface area contributed by atoms with Gasteiger partial charge in [0.25, 0.3) is 0 Å². The molecule has 0 amide bonds. The van der Waals surface area contributed by atoms with Gasteiger partial charge in [-0.05, 0) is 36.4 Å². The summed E-state index contributed by atoms with van der Waals surface area (Å²) in [4.78, 5) is 6.40. The Labute approximate surface area is 120 Å². The molecular formula is C16H21N3O. The van der Waals surface area contributed by atoms with Crippen molar-refractivity contribution in [3.8, 4) is 5.75 Å². The SMILES string of the molecule is COc1ccc(CN(C)C(CN)c2cccnc2)cc1. The van der Waals surface area contributed by atoms with Crippen molar-refractivity contribution >= 4 is 0 Å². The summed E-state index contributed by atoms with van der Waals surface area (Å²) in [5, 5.41) is 0. The van der Waals surface area contributed by atoms with Gasteiger partial charge in [0.05, 0.1) is 7.11 Å². The number of nitrogens with zero attached hydrogens (tertiary/aromatic N) is 2. The fraction of sp³-hybridized carbons (Fsp3) is 0.312. The van der Waals surface area contributed by atoms with Gasteiger partial charge in [0.2, 0.25) is 0 Å². The molecule has 0 spiro atoms. The summed E-state index contributed by atoms with van der Waals surface area (Å²) in [6.45, 7) is 1.40. The highest BCUT2D eigenvalue weighted by atomic mass is 16.5. The van der Waals surface area contributed by atoms with Gasteiger partial charge in [-0.15, -0.1) is 0 Å². The molecule has 1 aromatic carbocycles. The quantitative estimate of drug-likeness (QED) is 0.875. The fourth-order valence-electron chi connectivity index (χ4n) is 2.27. The van der Waals surface area contributed by atoms with E-state index in [0.29, 0.717) is 6.54 Å². The maximum Gasteiger partial charge on any atom is 0.118 e. The Morgan fingerprint density at radius 1 is 1.25 bits per heavy atom. The zero-order chi connectivity index (χ0) is 14.4. The van der Waals surface area contributed by atoms with Crippen LogP contribution in [0.5, 0.6) is 5.75 Å². The van der Waals surface area contributed by atoms with Crippen LogP contribution < -0.4 is 10.5 Å². The first kappa shape index (κ1) is 14.5. The molecule has 0 fully saturated rings. The number of ether oxygens (including phenoxy) is 1. The van der Waals surface area contributed by atoms with Crippen LogP contribution in [0, 0.1) is 0 Å². The van der Waals surface area contributed by atoms with Gasteiger partial charge < -0.3 is 10.5 Å². The Hall–Kier alpha value is -1.91. The predicted octanol–water partition coefficient (Wildman–Crippen LogP) is 2.22. The number of hydrogen-bond donors (Lipinski definition) is 1. The number of aromatic nitrogens is 1. The monoisotopic (exact) mass is 271 g/mol. The van der Waals surface area contributed by atoms with Gasteiger partial charge in [-0.1, -0.05) is 18.2 Å². The third-order valence-electron chi connectivity index (χ3n) is 3.42. The van der Waals surface area contributed by atoms with Crippen LogP contribution in [0.15, 0.2) is 48.8 Å². The molecule has 1 heterocycles. The van der Waals surface area contributed by atoms with Crippen molar-refractivity contribution in [3.05, 3.63) is 59.9 Å². The predicted molar refractivity (Wildman–Crippen MR) is 80.5 cm³/mol. The van der Waals surface area contributed by atoms with Crippen molar-refractivity contribution in [3.63, 3.8) is 0 Å². The number of hydrogen-bond acceptors (Lipinski definition) is 4. The van der Waals surface area contributed by atoms with E-state index < -0.39 is 0 Å². The molecule has 2 rings (SSSR count). The van der Waals surface area contributed by atoms with Crippen LogP contribution in [0.4, 0.5) is 0 Å². The van der Waals surface area contributed by atoms with E-state index in [9.17, 15) is 0 Å². The Balaban J connectivity index is 2.07. The molecule has 0 aliphatic carbocycles. The Kier molecular flexibility index (Phi) is 5.09. The highest BCUT2D eigenvalue weighted by molar-refractivity contribution is 5.27. The molecule has 1 aromatic heterocycles. The van der Waals surface area contributed by atoms with E-state index in [-0.39, 0.29) is 6.04 Å². The Morgan fingerprint density at radius 3 is 2.55 bits per heavy atom. The number of nitrogens with two attached hydrogens (primary N) is 1. The van der Waals surface area contributed by atoms with E-state index in [0.717, 1.165) is 17.9 Å². The topological polar surface area (TPSA) is 51.4 Å². The van der Waals surface area contributed by atoms with E-state index in [1.54, 1.807) is 13.3 Å². The van der Waals surface area contributed by atoms with Crippen molar-refractivity contribution < 1.29 is 4.74 Å². The first-order valence-electron chi connectivity index (χ1n) is 6.67. The number of pyridine rings is 1. The zero-order valence-corrected chi connectivity index (χ0v) is 12.0. The molecule has 4 nitrogen and oxygen atoms in total. The minimum absolute atomic E-state index is 0.172. The van der Waals surface area contributed by atoms with Crippen LogP contribution in [0.2, 0.25) is 0 Å². The van der Waals surface area contributed by atoms with Crippen LogP contribution in [0.1, 0.15) is 17.2 Å². The third-order valence-corrected chi connectivity index (χ3v) is 3.42. The largest absolute Gasteiger partial charge is 0.497 e. The van der Waals surface area contributed by atoms with Gasteiger partial charge in [0.15, 0.2) is 0 Å². The van der Waals surface area contributed by atoms with E-state index in [4.69, 9.17) is 10.5 Å². The summed E-state index contributed by atoms with van der Waals surface area (Å²) in [6.07, 6.45) is 3.66. The Morgan fingerprint density at radius 2 is 2.00 bits per heavy atom. The van der Waals surface area contributed by atoms with Crippen molar-refractivity contribution in [2.45, 2.75) is 12.6 Å². The molecule has 1 atom stereocenters. The summed E-state index contributed by atoms with van der Waals surface area (Å²) in [5.41, 5.74) is 8.29.